The van der Waals surface area contributed by atoms with E-state index in [0.717, 1.165) is 6.42 Å². The highest BCUT2D eigenvalue weighted by molar-refractivity contribution is 5.25. The van der Waals surface area contributed by atoms with Gasteiger partial charge in [-0.1, -0.05) is 24.3 Å². The summed E-state index contributed by atoms with van der Waals surface area (Å²) in [6, 6.07) is 8.05. The highest BCUT2D eigenvalue weighted by atomic mass is 19.1. The van der Waals surface area contributed by atoms with Gasteiger partial charge in [0.05, 0.1) is 6.67 Å². The zero-order chi connectivity index (χ0) is 9.68. The van der Waals surface area contributed by atoms with Gasteiger partial charge in [-0.05, 0) is 31.0 Å². The van der Waals surface area contributed by atoms with Gasteiger partial charge in [-0.25, -0.2) is 0 Å². The zero-order valence-electron chi connectivity index (χ0n) is 7.96. The van der Waals surface area contributed by atoms with E-state index in [2.05, 4.69) is 0 Å². The Hall–Kier alpha value is -0.890. The monoisotopic (exact) mass is 181 g/mol. The van der Waals surface area contributed by atoms with Crippen molar-refractivity contribution in [3.63, 3.8) is 0 Å². The van der Waals surface area contributed by atoms with E-state index in [0.29, 0.717) is 6.54 Å². The van der Waals surface area contributed by atoms with Crippen molar-refractivity contribution in [2.75, 3.05) is 13.2 Å². The molecule has 1 atom stereocenters. The first-order valence-corrected chi connectivity index (χ1v) is 4.58. The second kappa shape index (κ2) is 4.97. The van der Waals surface area contributed by atoms with Crippen LogP contribution in [0, 0.1) is 12.8 Å². The molecule has 2 N–H and O–H groups in total. The number of alkyl halides is 1. The minimum absolute atomic E-state index is 0.0268. The molecule has 0 aromatic heterocycles. The van der Waals surface area contributed by atoms with Gasteiger partial charge in [0.2, 0.25) is 0 Å². The molecule has 13 heavy (non-hydrogen) atoms. The second-order valence-corrected chi connectivity index (χ2v) is 3.39. The fourth-order valence-corrected chi connectivity index (χ4v) is 1.35. The van der Waals surface area contributed by atoms with Gasteiger partial charge >= 0.3 is 0 Å². The third kappa shape index (κ3) is 2.81. The SMILES string of the molecule is Cc1ccccc1CC(CN)CF. The van der Waals surface area contributed by atoms with Gasteiger partial charge in [-0.2, -0.15) is 0 Å². The molecule has 1 nitrogen and oxygen atoms in total. The van der Waals surface area contributed by atoms with Crippen molar-refractivity contribution in [2.24, 2.45) is 11.7 Å². The van der Waals surface area contributed by atoms with Gasteiger partial charge in [0, 0.05) is 5.92 Å². The summed E-state index contributed by atoms with van der Waals surface area (Å²) >= 11 is 0. The minimum atomic E-state index is -0.329. The molecule has 72 valence electrons. The summed E-state index contributed by atoms with van der Waals surface area (Å²) in [6.45, 7) is 2.14. The van der Waals surface area contributed by atoms with E-state index in [4.69, 9.17) is 5.73 Å². The van der Waals surface area contributed by atoms with Crippen molar-refractivity contribution in [2.45, 2.75) is 13.3 Å². The third-order valence-corrected chi connectivity index (χ3v) is 2.32. The van der Waals surface area contributed by atoms with Gasteiger partial charge < -0.3 is 5.73 Å². The topological polar surface area (TPSA) is 26.0 Å². The average molecular weight is 181 g/mol. The third-order valence-electron chi connectivity index (χ3n) is 2.32. The Morgan fingerprint density at radius 2 is 2.08 bits per heavy atom. The first-order valence-electron chi connectivity index (χ1n) is 4.58. The lowest BCUT2D eigenvalue weighted by molar-refractivity contribution is 0.365. The van der Waals surface area contributed by atoms with Crippen LogP contribution >= 0.6 is 0 Å². The molecule has 0 heterocycles. The van der Waals surface area contributed by atoms with Gasteiger partial charge in [0.1, 0.15) is 0 Å². The van der Waals surface area contributed by atoms with Crippen molar-refractivity contribution in [3.8, 4) is 0 Å². The Morgan fingerprint density at radius 1 is 1.38 bits per heavy atom. The van der Waals surface area contributed by atoms with E-state index < -0.39 is 0 Å². The molecule has 1 aromatic rings. The van der Waals surface area contributed by atoms with E-state index in [9.17, 15) is 4.39 Å². The van der Waals surface area contributed by atoms with Crippen LogP contribution in [0.5, 0.6) is 0 Å². The lowest BCUT2D eigenvalue weighted by Gasteiger charge is -2.11. The molecule has 1 rings (SSSR count). The molecule has 0 saturated carbocycles. The van der Waals surface area contributed by atoms with Crippen molar-refractivity contribution in [1.82, 2.24) is 0 Å². The van der Waals surface area contributed by atoms with Crippen LogP contribution < -0.4 is 5.73 Å². The van der Waals surface area contributed by atoms with Gasteiger partial charge in [0.25, 0.3) is 0 Å². The molecule has 2 heteroatoms. The van der Waals surface area contributed by atoms with Crippen LogP contribution in [0.3, 0.4) is 0 Å². The summed E-state index contributed by atoms with van der Waals surface area (Å²) in [5, 5.41) is 0. The minimum Gasteiger partial charge on any atom is -0.330 e. The lowest BCUT2D eigenvalue weighted by atomic mass is 9.97. The zero-order valence-corrected chi connectivity index (χ0v) is 7.96. The van der Waals surface area contributed by atoms with E-state index in [-0.39, 0.29) is 12.6 Å². The number of hydrogen-bond donors (Lipinski definition) is 1. The molecule has 0 aliphatic heterocycles. The predicted octanol–water partition coefficient (Wildman–Crippen LogP) is 2.08. The van der Waals surface area contributed by atoms with Crippen molar-refractivity contribution in [1.29, 1.82) is 0 Å². The Kier molecular flexibility index (Phi) is 3.90. The number of halogens is 1. The van der Waals surface area contributed by atoms with Crippen molar-refractivity contribution in [3.05, 3.63) is 35.4 Å². The van der Waals surface area contributed by atoms with Crippen LogP contribution in [0.4, 0.5) is 4.39 Å². The molecule has 1 aromatic carbocycles. The van der Waals surface area contributed by atoms with E-state index in [1.165, 1.54) is 11.1 Å². The maximum atomic E-state index is 12.4. The number of benzene rings is 1. The first-order chi connectivity index (χ1) is 6.27. The fraction of sp³-hybridized carbons (Fsp3) is 0.455. The molecule has 0 spiro atoms. The van der Waals surface area contributed by atoms with Crippen LogP contribution in [0.15, 0.2) is 24.3 Å². The van der Waals surface area contributed by atoms with Crippen LogP contribution in [0.25, 0.3) is 0 Å². The normalized spacial score (nSPS) is 12.8. The van der Waals surface area contributed by atoms with Crippen LogP contribution in [0.2, 0.25) is 0 Å². The average Bonchev–Trinajstić information content (AvgIpc) is 2.17. The molecule has 0 aliphatic rings. The Labute approximate surface area is 78.8 Å². The first kappa shape index (κ1) is 10.2. The summed E-state index contributed by atoms with van der Waals surface area (Å²) in [5.41, 5.74) is 7.86. The molecule has 0 radical (unpaired) electrons. The lowest BCUT2D eigenvalue weighted by Crippen LogP contribution is -2.19. The number of nitrogens with two attached hydrogens (primary N) is 1. The maximum absolute atomic E-state index is 12.4. The van der Waals surface area contributed by atoms with E-state index in [1.54, 1.807) is 0 Å². The standard InChI is InChI=1S/C11H16FN/c1-9-4-2-3-5-11(9)6-10(7-12)8-13/h2-5,10H,6-8,13H2,1H3. The second-order valence-electron chi connectivity index (χ2n) is 3.39. The van der Waals surface area contributed by atoms with Gasteiger partial charge in [0.15, 0.2) is 0 Å². The van der Waals surface area contributed by atoms with Crippen LogP contribution in [-0.4, -0.2) is 13.2 Å². The Bertz CT molecular complexity index is 256. The van der Waals surface area contributed by atoms with Crippen LogP contribution in [0.1, 0.15) is 11.1 Å². The molecule has 0 fully saturated rings. The van der Waals surface area contributed by atoms with Crippen molar-refractivity contribution >= 4 is 0 Å². The van der Waals surface area contributed by atoms with Gasteiger partial charge in [-0.3, -0.25) is 4.39 Å². The molecular weight excluding hydrogens is 165 g/mol. The van der Waals surface area contributed by atoms with Gasteiger partial charge in [-0.15, -0.1) is 0 Å². The highest BCUT2D eigenvalue weighted by Crippen LogP contribution is 2.12. The molecular formula is C11H16FN. The van der Waals surface area contributed by atoms with Crippen molar-refractivity contribution < 1.29 is 4.39 Å². The maximum Gasteiger partial charge on any atom is 0.0937 e. The molecule has 0 amide bonds. The quantitative estimate of drug-likeness (QED) is 0.756. The van der Waals surface area contributed by atoms with E-state index in [1.807, 2.05) is 31.2 Å². The largest absolute Gasteiger partial charge is 0.330 e. The Balaban J connectivity index is 2.67. The number of aryl methyl sites for hydroxylation is 1. The highest BCUT2D eigenvalue weighted by Gasteiger charge is 2.08. The summed E-state index contributed by atoms with van der Waals surface area (Å²) in [4.78, 5) is 0. The van der Waals surface area contributed by atoms with E-state index >= 15 is 0 Å². The number of rotatable bonds is 4. The summed E-state index contributed by atoms with van der Waals surface area (Å²) < 4.78 is 12.4. The number of hydrogen-bond acceptors (Lipinski definition) is 1. The summed E-state index contributed by atoms with van der Waals surface area (Å²) in [6.07, 6.45) is 0.750. The smallest absolute Gasteiger partial charge is 0.0937 e. The molecule has 0 saturated heterocycles. The Morgan fingerprint density at radius 3 is 2.62 bits per heavy atom. The molecule has 1 unspecified atom stereocenters. The fourth-order valence-electron chi connectivity index (χ4n) is 1.35. The predicted molar refractivity (Wildman–Crippen MR) is 53.4 cm³/mol. The summed E-state index contributed by atoms with van der Waals surface area (Å²) in [7, 11) is 0. The van der Waals surface area contributed by atoms with Crippen LogP contribution in [-0.2, 0) is 6.42 Å². The molecule has 0 aliphatic carbocycles. The summed E-state index contributed by atoms with van der Waals surface area (Å²) in [5.74, 6) is -0.0268. The molecule has 0 bridgehead atoms.